The van der Waals surface area contributed by atoms with Gasteiger partial charge in [-0.3, -0.25) is 4.79 Å². The molecular formula is C11H12N4OS. The molecule has 1 aliphatic carbocycles. The summed E-state index contributed by atoms with van der Waals surface area (Å²) in [6, 6.07) is 2.09. The molecule has 2 aliphatic rings. The van der Waals surface area contributed by atoms with Gasteiger partial charge in [0, 0.05) is 24.8 Å². The quantitative estimate of drug-likeness (QED) is 0.759. The monoisotopic (exact) mass is 248 g/mol. The Morgan fingerprint density at radius 3 is 3.06 bits per heavy atom. The maximum absolute atomic E-state index is 11.6. The lowest BCUT2D eigenvalue weighted by molar-refractivity contribution is 0.551. The molecule has 0 amide bonds. The molecular weight excluding hydrogens is 236 g/mol. The van der Waals surface area contributed by atoms with Crippen molar-refractivity contribution in [2.75, 3.05) is 11.4 Å². The smallest absolute Gasteiger partial charge is 0.275 e. The molecule has 6 heteroatoms. The van der Waals surface area contributed by atoms with E-state index < -0.39 is 0 Å². The first-order valence-electron chi connectivity index (χ1n) is 5.93. The highest BCUT2D eigenvalue weighted by Gasteiger charge is 2.39. The normalized spacial score (nSPS) is 27.2. The van der Waals surface area contributed by atoms with Crippen molar-refractivity contribution in [2.45, 2.75) is 25.3 Å². The summed E-state index contributed by atoms with van der Waals surface area (Å²) in [6.07, 6.45) is 5.46. The van der Waals surface area contributed by atoms with Crippen molar-refractivity contribution >= 4 is 21.4 Å². The molecule has 3 heterocycles. The Labute approximate surface area is 102 Å². The molecule has 2 unspecified atom stereocenters. The lowest BCUT2D eigenvalue weighted by Gasteiger charge is -2.25. The summed E-state index contributed by atoms with van der Waals surface area (Å²) >= 11 is 1.52. The van der Waals surface area contributed by atoms with E-state index in [1.165, 1.54) is 41.2 Å². The van der Waals surface area contributed by atoms with Crippen LogP contribution in [0.1, 0.15) is 19.3 Å². The van der Waals surface area contributed by atoms with Crippen molar-refractivity contribution in [3.05, 3.63) is 22.6 Å². The van der Waals surface area contributed by atoms with E-state index in [2.05, 4.69) is 15.0 Å². The van der Waals surface area contributed by atoms with Gasteiger partial charge in [-0.15, -0.1) is 5.10 Å². The molecule has 0 N–H and O–H groups in total. The Morgan fingerprint density at radius 2 is 2.35 bits per heavy atom. The predicted molar refractivity (Wildman–Crippen MR) is 65.6 cm³/mol. The van der Waals surface area contributed by atoms with E-state index in [0.717, 1.165) is 17.6 Å². The van der Waals surface area contributed by atoms with E-state index in [1.807, 2.05) is 0 Å². The van der Waals surface area contributed by atoms with Gasteiger partial charge in [0.2, 0.25) is 10.1 Å². The summed E-state index contributed by atoms with van der Waals surface area (Å²) in [4.78, 5) is 18.8. The Hall–Kier alpha value is -1.43. The van der Waals surface area contributed by atoms with Crippen molar-refractivity contribution in [3.63, 3.8) is 0 Å². The minimum Gasteiger partial charge on any atom is -0.343 e. The van der Waals surface area contributed by atoms with Gasteiger partial charge in [-0.25, -0.2) is 4.98 Å². The number of piperidine rings is 1. The van der Waals surface area contributed by atoms with Crippen LogP contribution >= 0.6 is 11.3 Å². The number of anilines is 1. The second-order valence-electron chi connectivity index (χ2n) is 4.85. The molecule has 2 fully saturated rings. The van der Waals surface area contributed by atoms with Crippen LogP contribution in [0, 0.1) is 5.92 Å². The van der Waals surface area contributed by atoms with Crippen molar-refractivity contribution in [1.29, 1.82) is 0 Å². The standard InChI is InChI=1S/C11H12N4OS/c16-9-3-4-12-10-15(9)13-11(17-10)14-6-7-1-2-8(14)5-7/h3-4,7-8H,1-2,5-6H2. The molecule has 88 valence electrons. The van der Waals surface area contributed by atoms with Gasteiger partial charge in [0.15, 0.2) is 0 Å². The van der Waals surface area contributed by atoms with Gasteiger partial charge in [-0.05, 0) is 25.2 Å². The predicted octanol–water partition coefficient (Wildman–Crippen LogP) is 1.14. The van der Waals surface area contributed by atoms with Gasteiger partial charge in [0.05, 0.1) is 0 Å². The Balaban J connectivity index is 1.82. The number of aromatic nitrogens is 3. The van der Waals surface area contributed by atoms with E-state index in [9.17, 15) is 4.79 Å². The topological polar surface area (TPSA) is 50.5 Å². The first kappa shape index (κ1) is 9.58. The van der Waals surface area contributed by atoms with Crippen LogP contribution in [0.15, 0.2) is 17.1 Å². The maximum atomic E-state index is 11.6. The summed E-state index contributed by atoms with van der Waals surface area (Å²) in [5, 5.41) is 5.35. The van der Waals surface area contributed by atoms with Gasteiger partial charge in [-0.2, -0.15) is 4.52 Å². The van der Waals surface area contributed by atoms with Crippen LogP contribution in [-0.2, 0) is 0 Å². The fourth-order valence-corrected chi connectivity index (χ4v) is 3.97. The van der Waals surface area contributed by atoms with Gasteiger partial charge in [0.1, 0.15) is 0 Å². The summed E-state index contributed by atoms with van der Waals surface area (Å²) in [5.41, 5.74) is -0.0955. The fourth-order valence-electron chi connectivity index (χ4n) is 3.01. The zero-order valence-corrected chi connectivity index (χ0v) is 10.1. The zero-order chi connectivity index (χ0) is 11.4. The molecule has 1 saturated carbocycles. The van der Waals surface area contributed by atoms with E-state index >= 15 is 0 Å². The van der Waals surface area contributed by atoms with Crippen molar-refractivity contribution in [2.24, 2.45) is 5.92 Å². The molecule has 4 rings (SSSR count). The highest BCUT2D eigenvalue weighted by Crippen LogP contribution is 2.40. The van der Waals surface area contributed by atoms with Crippen LogP contribution in [0.25, 0.3) is 4.96 Å². The van der Waals surface area contributed by atoms with Crippen molar-refractivity contribution in [3.8, 4) is 0 Å². The number of fused-ring (bicyclic) bond motifs is 3. The van der Waals surface area contributed by atoms with E-state index in [0.29, 0.717) is 11.0 Å². The summed E-state index contributed by atoms with van der Waals surface area (Å²) < 4.78 is 1.41. The third kappa shape index (κ3) is 1.33. The summed E-state index contributed by atoms with van der Waals surface area (Å²) in [5.74, 6) is 0.830. The van der Waals surface area contributed by atoms with Gasteiger partial charge in [0.25, 0.3) is 5.56 Å². The van der Waals surface area contributed by atoms with E-state index in [1.54, 1.807) is 6.20 Å². The zero-order valence-electron chi connectivity index (χ0n) is 9.24. The summed E-state index contributed by atoms with van der Waals surface area (Å²) in [6.45, 7) is 1.10. The summed E-state index contributed by atoms with van der Waals surface area (Å²) in [7, 11) is 0. The minimum absolute atomic E-state index is 0.0955. The maximum Gasteiger partial charge on any atom is 0.275 e. The lowest BCUT2D eigenvalue weighted by Crippen LogP contribution is -2.32. The molecule has 1 aliphatic heterocycles. The van der Waals surface area contributed by atoms with Gasteiger partial charge < -0.3 is 4.90 Å². The number of rotatable bonds is 1. The van der Waals surface area contributed by atoms with Crippen LogP contribution in [-0.4, -0.2) is 27.2 Å². The number of hydrogen-bond acceptors (Lipinski definition) is 5. The average molecular weight is 248 g/mol. The average Bonchev–Trinajstić information content (AvgIpc) is 3.03. The van der Waals surface area contributed by atoms with Crippen LogP contribution in [0.2, 0.25) is 0 Å². The molecule has 17 heavy (non-hydrogen) atoms. The van der Waals surface area contributed by atoms with E-state index in [-0.39, 0.29) is 5.56 Å². The second kappa shape index (κ2) is 3.29. The number of nitrogens with zero attached hydrogens (tertiary/aromatic N) is 4. The first-order chi connectivity index (χ1) is 8.31. The Morgan fingerprint density at radius 1 is 1.41 bits per heavy atom. The fraction of sp³-hybridized carbons (Fsp3) is 0.545. The minimum atomic E-state index is -0.0955. The van der Waals surface area contributed by atoms with Crippen LogP contribution in [0.3, 0.4) is 0 Å². The highest BCUT2D eigenvalue weighted by atomic mass is 32.1. The molecule has 0 spiro atoms. The largest absolute Gasteiger partial charge is 0.343 e. The SMILES string of the molecule is O=c1ccnc2sc(N3CC4CCC3C4)nn12. The molecule has 2 aromatic rings. The molecule has 2 aromatic heterocycles. The van der Waals surface area contributed by atoms with Gasteiger partial charge >= 0.3 is 0 Å². The third-order valence-corrected chi connectivity index (χ3v) is 4.77. The molecule has 0 aromatic carbocycles. The molecule has 2 bridgehead atoms. The Bertz CT molecular complexity index is 634. The van der Waals surface area contributed by atoms with Crippen LogP contribution < -0.4 is 10.5 Å². The molecule has 2 atom stereocenters. The second-order valence-corrected chi connectivity index (χ2v) is 5.78. The highest BCUT2D eigenvalue weighted by molar-refractivity contribution is 7.20. The van der Waals surface area contributed by atoms with Crippen LogP contribution in [0.5, 0.6) is 0 Å². The number of hydrogen-bond donors (Lipinski definition) is 0. The van der Waals surface area contributed by atoms with Gasteiger partial charge in [-0.1, -0.05) is 11.3 Å². The molecule has 1 saturated heterocycles. The van der Waals surface area contributed by atoms with Crippen LogP contribution in [0.4, 0.5) is 5.13 Å². The van der Waals surface area contributed by atoms with Crippen molar-refractivity contribution in [1.82, 2.24) is 14.6 Å². The Kier molecular flexibility index (Phi) is 1.85. The lowest BCUT2D eigenvalue weighted by atomic mass is 10.1. The molecule has 5 nitrogen and oxygen atoms in total. The third-order valence-electron chi connectivity index (χ3n) is 3.82. The molecule has 0 radical (unpaired) electrons. The first-order valence-corrected chi connectivity index (χ1v) is 6.74. The van der Waals surface area contributed by atoms with E-state index in [4.69, 9.17) is 0 Å². The van der Waals surface area contributed by atoms with Crippen molar-refractivity contribution < 1.29 is 0 Å².